The van der Waals surface area contributed by atoms with Crippen molar-refractivity contribution in [3.63, 3.8) is 0 Å². The van der Waals surface area contributed by atoms with E-state index in [2.05, 4.69) is 40.3 Å². The van der Waals surface area contributed by atoms with E-state index in [9.17, 15) is 0 Å². The molecule has 1 fully saturated rings. The van der Waals surface area contributed by atoms with E-state index in [1.165, 1.54) is 47.3 Å². The topological polar surface area (TPSA) is 12.0 Å². The van der Waals surface area contributed by atoms with Gasteiger partial charge >= 0.3 is 0 Å². The molecule has 0 radical (unpaired) electrons. The molecule has 0 amide bonds. The van der Waals surface area contributed by atoms with Gasteiger partial charge in [0.2, 0.25) is 0 Å². The molecule has 1 aromatic heterocycles. The summed E-state index contributed by atoms with van der Waals surface area (Å²) in [4.78, 5) is 1.53. The summed E-state index contributed by atoms with van der Waals surface area (Å²) < 4.78 is 1.26. The summed E-state index contributed by atoms with van der Waals surface area (Å²) >= 11 is 5.43. The van der Waals surface area contributed by atoms with Gasteiger partial charge in [-0.3, -0.25) is 0 Å². The molecule has 1 nitrogen and oxygen atoms in total. The van der Waals surface area contributed by atoms with Crippen LogP contribution >= 0.6 is 27.3 Å². The molecule has 0 spiro atoms. The molecule has 1 N–H and O–H groups in total. The van der Waals surface area contributed by atoms with E-state index in [4.69, 9.17) is 0 Å². The van der Waals surface area contributed by atoms with Gasteiger partial charge in [-0.05, 0) is 66.2 Å². The lowest BCUT2D eigenvalue weighted by atomic mass is 9.98. The van der Waals surface area contributed by atoms with Crippen LogP contribution in [0.4, 0.5) is 0 Å². The van der Waals surface area contributed by atoms with Crippen LogP contribution in [0.1, 0.15) is 37.5 Å². The fourth-order valence-electron chi connectivity index (χ4n) is 2.60. The van der Waals surface area contributed by atoms with Crippen LogP contribution in [0.2, 0.25) is 0 Å². The second-order valence-electron chi connectivity index (χ2n) is 4.66. The third-order valence-electron chi connectivity index (χ3n) is 3.41. The summed E-state index contributed by atoms with van der Waals surface area (Å²) in [6.07, 6.45) is 6.68. The van der Waals surface area contributed by atoms with Gasteiger partial charge in [-0.1, -0.05) is 13.3 Å². The van der Waals surface area contributed by atoms with Crippen molar-refractivity contribution in [3.8, 4) is 0 Å². The second kappa shape index (κ2) is 6.18. The molecule has 1 aromatic rings. The van der Waals surface area contributed by atoms with Crippen molar-refractivity contribution in [1.29, 1.82) is 0 Å². The summed E-state index contributed by atoms with van der Waals surface area (Å²) in [6.45, 7) is 3.42. The Hall–Kier alpha value is 0.140. The minimum absolute atomic E-state index is 0.765. The number of halogens is 1. The van der Waals surface area contributed by atoms with E-state index >= 15 is 0 Å². The minimum Gasteiger partial charge on any atom is -0.314 e. The Morgan fingerprint density at radius 1 is 1.44 bits per heavy atom. The molecule has 1 saturated carbocycles. The predicted molar refractivity (Wildman–Crippen MR) is 75.1 cm³/mol. The van der Waals surface area contributed by atoms with Crippen molar-refractivity contribution in [1.82, 2.24) is 5.32 Å². The van der Waals surface area contributed by atoms with E-state index < -0.39 is 0 Å². The molecule has 0 bridgehead atoms. The number of thiophene rings is 1. The van der Waals surface area contributed by atoms with Crippen LogP contribution in [0, 0.1) is 5.92 Å². The monoisotopic (exact) mass is 301 g/mol. The lowest BCUT2D eigenvalue weighted by Gasteiger charge is -2.20. The van der Waals surface area contributed by atoms with Gasteiger partial charge in [0.15, 0.2) is 0 Å². The fourth-order valence-corrected chi connectivity index (χ4v) is 4.18. The maximum absolute atomic E-state index is 3.70. The summed E-state index contributed by atoms with van der Waals surface area (Å²) in [6, 6.07) is 5.20. The maximum atomic E-state index is 3.70. The van der Waals surface area contributed by atoms with Gasteiger partial charge in [-0.2, -0.15) is 0 Å². The van der Waals surface area contributed by atoms with Gasteiger partial charge in [0, 0.05) is 10.9 Å². The Bertz CT molecular complexity index is 323. The van der Waals surface area contributed by atoms with Crippen molar-refractivity contribution < 1.29 is 0 Å². The molecule has 1 aliphatic carbocycles. The highest BCUT2D eigenvalue weighted by Gasteiger charge is 2.26. The SMILES string of the molecule is CCCNC1CCCC1Cc1ccc(Br)s1. The van der Waals surface area contributed by atoms with Gasteiger partial charge < -0.3 is 5.32 Å². The zero-order valence-electron chi connectivity index (χ0n) is 9.84. The lowest BCUT2D eigenvalue weighted by Crippen LogP contribution is -2.33. The first-order chi connectivity index (χ1) is 7.79. The molecule has 90 valence electrons. The predicted octanol–water partition coefficient (Wildman–Crippen LogP) is 4.22. The number of hydrogen-bond acceptors (Lipinski definition) is 2. The zero-order chi connectivity index (χ0) is 11.4. The van der Waals surface area contributed by atoms with Gasteiger partial charge in [0.1, 0.15) is 0 Å². The third kappa shape index (κ3) is 3.31. The average Bonchev–Trinajstić information content (AvgIpc) is 2.86. The number of nitrogens with one attached hydrogen (secondary N) is 1. The normalized spacial score (nSPS) is 25.1. The Morgan fingerprint density at radius 2 is 2.31 bits per heavy atom. The molecule has 16 heavy (non-hydrogen) atoms. The van der Waals surface area contributed by atoms with E-state index in [1.54, 1.807) is 0 Å². The van der Waals surface area contributed by atoms with Crippen LogP contribution in [-0.4, -0.2) is 12.6 Å². The molecule has 2 unspecified atom stereocenters. The summed E-state index contributed by atoms with van der Waals surface area (Å²) in [5, 5.41) is 3.70. The van der Waals surface area contributed by atoms with E-state index in [1.807, 2.05) is 11.3 Å². The Morgan fingerprint density at radius 3 is 3.00 bits per heavy atom. The Balaban J connectivity index is 1.88. The van der Waals surface area contributed by atoms with Crippen LogP contribution in [0.15, 0.2) is 15.9 Å². The van der Waals surface area contributed by atoms with Crippen LogP contribution in [0.3, 0.4) is 0 Å². The summed E-state index contributed by atoms with van der Waals surface area (Å²) in [5.74, 6) is 0.858. The van der Waals surface area contributed by atoms with Crippen molar-refractivity contribution in [2.75, 3.05) is 6.54 Å². The molecule has 1 heterocycles. The molecule has 0 aliphatic heterocycles. The standard InChI is InChI=1S/C13H20BrNS/c1-2-8-15-12-5-3-4-10(12)9-11-6-7-13(14)16-11/h6-7,10,12,15H,2-5,8-9H2,1H3. The zero-order valence-corrected chi connectivity index (χ0v) is 12.2. The second-order valence-corrected chi connectivity index (χ2v) is 7.21. The molecule has 3 heteroatoms. The van der Waals surface area contributed by atoms with Crippen molar-refractivity contribution >= 4 is 27.3 Å². The quantitative estimate of drug-likeness (QED) is 0.858. The first-order valence-corrected chi connectivity index (χ1v) is 7.88. The van der Waals surface area contributed by atoms with Gasteiger partial charge in [0.05, 0.1) is 3.79 Å². The molecule has 2 atom stereocenters. The Kier molecular flexibility index (Phi) is 4.86. The number of hydrogen-bond donors (Lipinski definition) is 1. The van der Waals surface area contributed by atoms with E-state index in [0.29, 0.717) is 0 Å². The van der Waals surface area contributed by atoms with Gasteiger partial charge in [-0.15, -0.1) is 11.3 Å². The van der Waals surface area contributed by atoms with Crippen LogP contribution in [0.5, 0.6) is 0 Å². The van der Waals surface area contributed by atoms with E-state index in [-0.39, 0.29) is 0 Å². The largest absolute Gasteiger partial charge is 0.314 e. The van der Waals surface area contributed by atoms with Gasteiger partial charge in [-0.25, -0.2) is 0 Å². The van der Waals surface area contributed by atoms with E-state index in [0.717, 1.165) is 12.0 Å². The third-order valence-corrected chi connectivity index (χ3v) is 5.05. The lowest BCUT2D eigenvalue weighted by molar-refractivity contribution is 0.401. The van der Waals surface area contributed by atoms with Crippen LogP contribution in [-0.2, 0) is 6.42 Å². The minimum atomic E-state index is 0.765. The molecule has 2 rings (SSSR count). The molecular formula is C13H20BrNS. The molecular weight excluding hydrogens is 282 g/mol. The maximum Gasteiger partial charge on any atom is 0.0701 e. The van der Waals surface area contributed by atoms with Crippen LogP contribution < -0.4 is 5.32 Å². The Labute approximate surface area is 111 Å². The first kappa shape index (κ1) is 12.6. The van der Waals surface area contributed by atoms with Crippen LogP contribution in [0.25, 0.3) is 0 Å². The van der Waals surface area contributed by atoms with Crippen molar-refractivity contribution in [3.05, 3.63) is 20.8 Å². The highest BCUT2D eigenvalue weighted by Crippen LogP contribution is 2.32. The highest BCUT2D eigenvalue weighted by atomic mass is 79.9. The number of rotatable bonds is 5. The molecule has 0 aromatic carbocycles. The smallest absolute Gasteiger partial charge is 0.0701 e. The first-order valence-electron chi connectivity index (χ1n) is 6.27. The van der Waals surface area contributed by atoms with Crippen molar-refractivity contribution in [2.45, 2.75) is 45.1 Å². The summed E-state index contributed by atoms with van der Waals surface area (Å²) in [7, 11) is 0. The summed E-state index contributed by atoms with van der Waals surface area (Å²) in [5.41, 5.74) is 0. The van der Waals surface area contributed by atoms with Crippen molar-refractivity contribution in [2.24, 2.45) is 5.92 Å². The van der Waals surface area contributed by atoms with Gasteiger partial charge in [0.25, 0.3) is 0 Å². The fraction of sp³-hybridized carbons (Fsp3) is 0.692. The molecule has 1 aliphatic rings. The highest BCUT2D eigenvalue weighted by molar-refractivity contribution is 9.11. The molecule has 0 saturated heterocycles. The average molecular weight is 302 g/mol.